The Bertz CT molecular complexity index is 569. The molecule has 2 aromatic heterocycles. The van der Waals surface area contributed by atoms with Gasteiger partial charge < -0.3 is 9.72 Å². The third kappa shape index (κ3) is 2.72. The number of aromatic nitrogens is 2. The highest BCUT2D eigenvalue weighted by Gasteiger charge is 2.22. The second kappa shape index (κ2) is 5.94. The van der Waals surface area contributed by atoms with E-state index in [0.717, 1.165) is 31.8 Å². The van der Waals surface area contributed by atoms with Gasteiger partial charge in [0.25, 0.3) is 0 Å². The Morgan fingerprint density at radius 3 is 3.10 bits per heavy atom. The van der Waals surface area contributed by atoms with Crippen molar-refractivity contribution in [3.63, 3.8) is 0 Å². The van der Waals surface area contributed by atoms with Crippen LogP contribution in [0, 0.1) is 6.92 Å². The molecule has 1 fully saturated rings. The smallest absolute Gasteiger partial charge is 0.139 e. The Labute approximate surface area is 120 Å². The van der Waals surface area contributed by atoms with Gasteiger partial charge in [0.15, 0.2) is 0 Å². The highest BCUT2D eigenvalue weighted by molar-refractivity contribution is 5.47. The second-order valence-corrected chi connectivity index (χ2v) is 5.77. The van der Waals surface area contributed by atoms with Crippen LogP contribution in [-0.4, -0.2) is 40.0 Å². The van der Waals surface area contributed by atoms with E-state index in [1.54, 1.807) is 0 Å². The van der Waals surface area contributed by atoms with Crippen molar-refractivity contribution in [3.05, 3.63) is 35.8 Å². The predicted octanol–water partition coefficient (Wildman–Crippen LogP) is 2.22. The van der Waals surface area contributed by atoms with E-state index in [-0.39, 0.29) is 0 Å². The molecule has 3 rings (SSSR count). The number of imidazole rings is 1. The van der Waals surface area contributed by atoms with Gasteiger partial charge in [-0.1, -0.05) is 13.0 Å². The summed E-state index contributed by atoms with van der Waals surface area (Å²) in [7, 11) is 0. The number of nitrogens with zero attached hydrogens (tertiary/aromatic N) is 3. The number of rotatable bonds is 5. The maximum atomic E-state index is 4.81. The Hall–Kier alpha value is -1.39. The van der Waals surface area contributed by atoms with Crippen molar-refractivity contribution < 1.29 is 0 Å². The lowest BCUT2D eigenvalue weighted by Gasteiger charge is -2.27. The van der Waals surface area contributed by atoms with Crippen molar-refractivity contribution in [3.8, 4) is 0 Å². The molecule has 1 aliphatic heterocycles. The summed E-state index contributed by atoms with van der Waals surface area (Å²) in [6, 6.07) is 4.87. The predicted molar refractivity (Wildman–Crippen MR) is 81.9 cm³/mol. The van der Waals surface area contributed by atoms with E-state index in [2.05, 4.69) is 53.0 Å². The maximum Gasteiger partial charge on any atom is 0.139 e. The molecule has 4 heteroatoms. The molecule has 3 heterocycles. The molecule has 108 valence electrons. The highest BCUT2D eigenvalue weighted by atomic mass is 15.2. The molecule has 0 radical (unpaired) electrons. The lowest BCUT2D eigenvalue weighted by atomic mass is 10.2. The van der Waals surface area contributed by atoms with E-state index in [1.807, 2.05) is 0 Å². The van der Waals surface area contributed by atoms with E-state index in [4.69, 9.17) is 4.98 Å². The molecule has 2 aromatic rings. The van der Waals surface area contributed by atoms with Crippen LogP contribution < -0.4 is 5.32 Å². The van der Waals surface area contributed by atoms with Gasteiger partial charge in [0.2, 0.25) is 0 Å². The largest absolute Gasteiger partial charge is 0.315 e. The van der Waals surface area contributed by atoms with Gasteiger partial charge in [0.05, 0.1) is 5.69 Å². The summed E-state index contributed by atoms with van der Waals surface area (Å²) >= 11 is 0. The highest BCUT2D eigenvalue weighted by Crippen LogP contribution is 2.15. The van der Waals surface area contributed by atoms with Gasteiger partial charge in [-0.05, 0) is 44.5 Å². The van der Waals surface area contributed by atoms with Gasteiger partial charge in [-0.2, -0.15) is 0 Å². The number of nitrogens with one attached hydrogen (secondary N) is 1. The minimum Gasteiger partial charge on any atom is -0.315 e. The molecule has 0 aromatic carbocycles. The zero-order valence-electron chi connectivity index (χ0n) is 12.5. The number of pyridine rings is 1. The first kappa shape index (κ1) is 13.6. The molecular formula is C16H24N4. The summed E-state index contributed by atoms with van der Waals surface area (Å²) in [5.74, 6) is 0. The molecule has 20 heavy (non-hydrogen) atoms. The van der Waals surface area contributed by atoms with Gasteiger partial charge in [0.1, 0.15) is 5.65 Å². The van der Waals surface area contributed by atoms with Crippen LogP contribution in [0.2, 0.25) is 0 Å². The maximum absolute atomic E-state index is 4.81. The van der Waals surface area contributed by atoms with Crippen molar-refractivity contribution in [1.29, 1.82) is 0 Å². The van der Waals surface area contributed by atoms with Gasteiger partial charge in [-0.3, -0.25) is 4.90 Å². The summed E-state index contributed by atoms with van der Waals surface area (Å²) in [5.41, 5.74) is 3.51. The molecular weight excluding hydrogens is 248 g/mol. The minimum atomic E-state index is 0.667. The van der Waals surface area contributed by atoms with Crippen molar-refractivity contribution in [2.75, 3.05) is 19.6 Å². The molecule has 0 aliphatic carbocycles. The molecule has 0 bridgehead atoms. The number of fused-ring (bicyclic) bond motifs is 1. The van der Waals surface area contributed by atoms with E-state index in [1.165, 1.54) is 24.1 Å². The van der Waals surface area contributed by atoms with E-state index >= 15 is 0 Å². The molecule has 1 unspecified atom stereocenters. The summed E-state index contributed by atoms with van der Waals surface area (Å²) in [4.78, 5) is 7.39. The summed E-state index contributed by atoms with van der Waals surface area (Å²) < 4.78 is 2.14. The molecule has 1 saturated heterocycles. The first-order valence-corrected chi connectivity index (χ1v) is 7.66. The topological polar surface area (TPSA) is 32.6 Å². The normalized spacial score (nSPS) is 19.2. The molecule has 0 spiro atoms. The number of hydrogen-bond acceptors (Lipinski definition) is 3. The quantitative estimate of drug-likeness (QED) is 0.906. The average molecular weight is 272 g/mol. The van der Waals surface area contributed by atoms with E-state index in [0.29, 0.717) is 6.04 Å². The summed E-state index contributed by atoms with van der Waals surface area (Å²) in [6.07, 6.45) is 6.71. The van der Waals surface area contributed by atoms with Crippen LogP contribution in [0.4, 0.5) is 0 Å². The second-order valence-electron chi connectivity index (χ2n) is 5.77. The SMILES string of the molecule is CCCN(Cc1cn2cccc(C)c2n1)C1CCNC1. The lowest BCUT2D eigenvalue weighted by Crippen LogP contribution is -2.37. The minimum absolute atomic E-state index is 0.667. The van der Waals surface area contributed by atoms with Crippen LogP contribution in [0.15, 0.2) is 24.5 Å². The Kier molecular flexibility index (Phi) is 4.03. The fourth-order valence-corrected chi connectivity index (χ4v) is 3.12. The van der Waals surface area contributed by atoms with Crippen molar-refractivity contribution >= 4 is 5.65 Å². The van der Waals surface area contributed by atoms with Crippen LogP contribution in [0.5, 0.6) is 0 Å². The van der Waals surface area contributed by atoms with Crippen LogP contribution >= 0.6 is 0 Å². The fraction of sp³-hybridized carbons (Fsp3) is 0.562. The monoisotopic (exact) mass is 272 g/mol. The first-order chi connectivity index (χ1) is 9.78. The molecule has 0 amide bonds. The molecule has 1 aliphatic rings. The van der Waals surface area contributed by atoms with E-state index in [9.17, 15) is 0 Å². The zero-order chi connectivity index (χ0) is 13.9. The summed E-state index contributed by atoms with van der Waals surface area (Å²) in [6.45, 7) is 8.75. The van der Waals surface area contributed by atoms with Crippen LogP contribution in [0.25, 0.3) is 5.65 Å². The van der Waals surface area contributed by atoms with Gasteiger partial charge in [0, 0.05) is 31.5 Å². The van der Waals surface area contributed by atoms with E-state index < -0.39 is 0 Å². The Morgan fingerprint density at radius 2 is 2.40 bits per heavy atom. The third-order valence-electron chi connectivity index (χ3n) is 4.15. The van der Waals surface area contributed by atoms with Crippen molar-refractivity contribution in [2.24, 2.45) is 0 Å². The number of hydrogen-bond donors (Lipinski definition) is 1. The van der Waals surface area contributed by atoms with Gasteiger partial charge >= 0.3 is 0 Å². The Morgan fingerprint density at radius 1 is 1.50 bits per heavy atom. The van der Waals surface area contributed by atoms with Crippen LogP contribution in [0.1, 0.15) is 31.0 Å². The van der Waals surface area contributed by atoms with Crippen molar-refractivity contribution in [2.45, 2.75) is 39.3 Å². The Balaban J connectivity index is 1.80. The van der Waals surface area contributed by atoms with Crippen LogP contribution in [-0.2, 0) is 6.54 Å². The average Bonchev–Trinajstić information content (AvgIpc) is 3.07. The summed E-state index contributed by atoms with van der Waals surface area (Å²) in [5, 5.41) is 3.47. The van der Waals surface area contributed by atoms with Crippen molar-refractivity contribution in [1.82, 2.24) is 19.6 Å². The molecule has 0 saturated carbocycles. The van der Waals surface area contributed by atoms with Gasteiger partial charge in [-0.15, -0.1) is 0 Å². The van der Waals surface area contributed by atoms with Crippen LogP contribution in [0.3, 0.4) is 0 Å². The molecule has 4 nitrogen and oxygen atoms in total. The molecule has 1 atom stereocenters. The van der Waals surface area contributed by atoms with Gasteiger partial charge in [-0.25, -0.2) is 4.98 Å². The lowest BCUT2D eigenvalue weighted by molar-refractivity contribution is 0.197. The zero-order valence-corrected chi connectivity index (χ0v) is 12.5. The first-order valence-electron chi connectivity index (χ1n) is 7.66. The molecule has 1 N–H and O–H groups in total. The third-order valence-corrected chi connectivity index (χ3v) is 4.15. The number of aryl methyl sites for hydroxylation is 1. The fourth-order valence-electron chi connectivity index (χ4n) is 3.12. The standard InChI is InChI=1S/C16H24N4/c1-3-8-19(15-6-7-17-10-15)11-14-12-20-9-4-5-13(2)16(20)18-14/h4-5,9,12,15,17H,3,6-8,10-11H2,1-2H3.